The Labute approximate surface area is 145 Å². The van der Waals surface area contributed by atoms with Crippen LogP contribution in [-0.2, 0) is 19.4 Å². The van der Waals surface area contributed by atoms with Gasteiger partial charge in [0.05, 0.1) is 18.0 Å². The molecule has 2 aromatic rings. The van der Waals surface area contributed by atoms with Crippen LogP contribution in [0.15, 0.2) is 30.3 Å². The third kappa shape index (κ3) is 3.26. The van der Waals surface area contributed by atoms with Crippen LogP contribution in [0.2, 0.25) is 0 Å². The van der Waals surface area contributed by atoms with Gasteiger partial charge in [-0.15, -0.1) is 0 Å². The van der Waals surface area contributed by atoms with Gasteiger partial charge in [-0.3, -0.25) is 4.90 Å². The van der Waals surface area contributed by atoms with Crippen LogP contribution in [-0.4, -0.2) is 39.5 Å². The van der Waals surface area contributed by atoms with Gasteiger partial charge in [0.15, 0.2) is 0 Å². The van der Waals surface area contributed by atoms with E-state index in [1.807, 2.05) is 6.07 Å². The van der Waals surface area contributed by atoms with E-state index in [9.17, 15) is 5.11 Å². The Morgan fingerprint density at radius 2 is 1.92 bits per heavy atom. The number of rotatable bonds is 5. The van der Waals surface area contributed by atoms with E-state index in [-0.39, 0.29) is 18.1 Å². The predicted molar refractivity (Wildman–Crippen MR) is 97.4 cm³/mol. The number of para-hydroxylation sites is 1. The SMILES string of the molecule is CN(Cc1nn(-c2ccccc2)c2c1CCC2)[C@H](CO)C(C)(C)C. The van der Waals surface area contributed by atoms with E-state index >= 15 is 0 Å². The summed E-state index contributed by atoms with van der Waals surface area (Å²) < 4.78 is 2.12. The molecule has 0 aliphatic heterocycles. The molecule has 4 heteroatoms. The van der Waals surface area contributed by atoms with Gasteiger partial charge in [-0.05, 0) is 49.4 Å². The number of aliphatic hydroxyl groups excluding tert-OH is 1. The van der Waals surface area contributed by atoms with Crippen LogP contribution in [0, 0.1) is 5.41 Å². The van der Waals surface area contributed by atoms with Crippen molar-refractivity contribution in [3.05, 3.63) is 47.3 Å². The van der Waals surface area contributed by atoms with Crippen LogP contribution in [0.1, 0.15) is 44.1 Å². The lowest BCUT2D eigenvalue weighted by Gasteiger charge is -2.36. The zero-order valence-electron chi connectivity index (χ0n) is 15.3. The Hall–Kier alpha value is -1.65. The average molecular weight is 327 g/mol. The molecule has 1 aliphatic carbocycles. The molecule has 0 bridgehead atoms. The standard InChI is InChI=1S/C20H29N3O/c1-20(2,3)19(14-24)22(4)13-17-16-11-8-12-18(16)23(21-17)15-9-6-5-7-10-15/h5-7,9-10,19,24H,8,11-14H2,1-4H3/t19-/m1/s1. The van der Waals surface area contributed by atoms with Crippen LogP contribution in [0.25, 0.3) is 5.69 Å². The van der Waals surface area contributed by atoms with Crippen molar-refractivity contribution in [2.75, 3.05) is 13.7 Å². The van der Waals surface area contributed by atoms with Crippen molar-refractivity contribution < 1.29 is 5.11 Å². The first-order chi connectivity index (χ1) is 11.4. The van der Waals surface area contributed by atoms with E-state index in [4.69, 9.17) is 5.10 Å². The minimum atomic E-state index is 0.0364. The molecule has 0 saturated carbocycles. The smallest absolute Gasteiger partial charge is 0.0804 e. The molecule has 1 aromatic carbocycles. The summed E-state index contributed by atoms with van der Waals surface area (Å²) in [5.41, 5.74) is 5.11. The number of hydrogen-bond acceptors (Lipinski definition) is 3. The molecule has 0 fully saturated rings. The summed E-state index contributed by atoms with van der Waals surface area (Å²) in [6, 6.07) is 10.5. The van der Waals surface area contributed by atoms with E-state index in [2.05, 4.69) is 61.7 Å². The number of nitrogens with zero attached hydrogens (tertiary/aromatic N) is 3. The Kier molecular flexibility index (Phi) is 4.79. The molecule has 1 N–H and O–H groups in total. The Morgan fingerprint density at radius 3 is 2.54 bits per heavy atom. The third-order valence-electron chi connectivity index (χ3n) is 5.12. The van der Waals surface area contributed by atoms with E-state index in [1.165, 1.54) is 17.7 Å². The fraction of sp³-hybridized carbons (Fsp3) is 0.550. The summed E-state index contributed by atoms with van der Waals surface area (Å²) in [5.74, 6) is 0. The molecule has 0 saturated heterocycles. The molecule has 130 valence electrons. The molecule has 0 spiro atoms. The first-order valence-corrected chi connectivity index (χ1v) is 8.88. The quantitative estimate of drug-likeness (QED) is 0.917. The minimum absolute atomic E-state index is 0.0364. The van der Waals surface area contributed by atoms with Gasteiger partial charge in [0, 0.05) is 18.3 Å². The zero-order valence-corrected chi connectivity index (χ0v) is 15.3. The Balaban J connectivity index is 1.90. The van der Waals surface area contributed by atoms with Crippen molar-refractivity contribution in [2.24, 2.45) is 5.41 Å². The van der Waals surface area contributed by atoms with Gasteiger partial charge in [-0.1, -0.05) is 39.0 Å². The highest BCUT2D eigenvalue weighted by Gasteiger charge is 2.30. The first-order valence-electron chi connectivity index (χ1n) is 8.88. The summed E-state index contributed by atoms with van der Waals surface area (Å²) >= 11 is 0. The lowest BCUT2D eigenvalue weighted by atomic mass is 9.86. The number of benzene rings is 1. The highest BCUT2D eigenvalue weighted by Crippen LogP contribution is 2.30. The summed E-state index contributed by atoms with van der Waals surface area (Å²) in [6.07, 6.45) is 3.42. The van der Waals surface area contributed by atoms with Gasteiger partial charge < -0.3 is 5.11 Å². The fourth-order valence-corrected chi connectivity index (χ4v) is 3.84. The van der Waals surface area contributed by atoms with Gasteiger partial charge >= 0.3 is 0 Å². The number of fused-ring (bicyclic) bond motifs is 1. The summed E-state index contributed by atoms with van der Waals surface area (Å²) in [5, 5.41) is 14.8. The number of aliphatic hydroxyl groups is 1. The zero-order chi connectivity index (χ0) is 17.3. The predicted octanol–water partition coefficient (Wildman–Crippen LogP) is 3.20. The normalized spacial score (nSPS) is 15.8. The third-order valence-corrected chi connectivity index (χ3v) is 5.12. The fourth-order valence-electron chi connectivity index (χ4n) is 3.84. The highest BCUT2D eigenvalue weighted by molar-refractivity contribution is 5.39. The Bertz CT molecular complexity index is 685. The second-order valence-electron chi connectivity index (χ2n) is 7.95. The van der Waals surface area contributed by atoms with Crippen molar-refractivity contribution >= 4 is 0 Å². The molecule has 0 radical (unpaired) electrons. The molecule has 1 aliphatic rings. The molecule has 0 unspecified atom stereocenters. The molecule has 1 atom stereocenters. The molecule has 3 rings (SSSR count). The van der Waals surface area contributed by atoms with Gasteiger partial charge in [-0.2, -0.15) is 5.10 Å². The van der Waals surface area contributed by atoms with Crippen molar-refractivity contribution in [3.63, 3.8) is 0 Å². The van der Waals surface area contributed by atoms with E-state index in [0.29, 0.717) is 0 Å². The maximum atomic E-state index is 9.82. The molecule has 4 nitrogen and oxygen atoms in total. The molecule has 1 aromatic heterocycles. The van der Waals surface area contributed by atoms with Gasteiger partial charge in [0.1, 0.15) is 0 Å². The average Bonchev–Trinajstić information content (AvgIpc) is 3.11. The first kappa shape index (κ1) is 17.2. The van der Waals surface area contributed by atoms with E-state index < -0.39 is 0 Å². The van der Waals surface area contributed by atoms with Crippen LogP contribution in [0.5, 0.6) is 0 Å². The van der Waals surface area contributed by atoms with E-state index in [1.54, 1.807) is 0 Å². The molecule has 1 heterocycles. The van der Waals surface area contributed by atoms with E-state index in [0.717, 1.165) is 30.8 Å². The molecule has 24 heavy (non-hydrogen) atoms. The topological polar surface area (TPSA) is 41.3 Å². The molecular formula is C20H29N3O. The summed E-state index contributed by atoms with van der Waals surface area (Å²) in [6.45, 7) is 7.48. The number of hydrogen-bond donors (Lipinski definition) is 1. The maximum absolute atomic E-state index is 9.82. The van der Waals surface area contributed by atoms with Gasteiger partial charge in [-0.25, -0.2) is 4.68 Å². The van der Waals surface area contributed by atoms with Crippen LogP contribution >= 0.6 is 0 Å². The second kappa shape index (κ2) is 6.69. The van der Waals surface area contributed by atoms with Crippen LogP contribution < -0.4 is 0 Å². The maximum Gasteiger partial charge on any atom is 0.0804 e. The lowest BCUT2D eigenvalue weighted by Crippen LogP contribution is -2.44. The van der Waals surface area contributed by atoms with Crippen LogP contribution in [0.3, 0.4) is 0 Å². The van der Waals surface area contributed by atoms with Crippen molar-refractivity contribution in [1.29, 1.82) is 0 Å². The monoisotopic (exact) mass is 327 g/mol. The second-order valence-corrected chi connectivity index (χ2v) is 7.95. The lowest BCUT2D eigenvalue weighted by molar-refractivity contribution is 0.0604. The largest absolute Gasteiger partial charge is 0.395 e. The molecular weight excluding hydrogens is 298 g/mol. The highest BCUT2D eigenvalue weighted by atomic mass is 16.3. The molecule has 0 amide bonds. The van der Waals surface area contributed by atoms with Crippen molar-refractivity contribution in [2.45, 2.75) is 52.6 Å². The summed E-state index contributed by atoms with van der Waals surface area (Å²) in [4.78, 5) is 2.25. The van der Waals surface area contributed by atoms with Gasteiger partial charge in [0.2, 0.25) is 0 Å². The Morgan fingerprint density at radius 1 is 1.21 bits per heavy atom. The van der Waals surface area contributed by atoms with Crippen molar-refractivity contribution in [1.82, 2.24) is 14.7 Å². The number of likely N-dealkylation sites (N-methyl/N-ethyl adjacent to an activating group) is 1. The summed E-state index contributed by atoms with van der Waals surface area (Å²) in [7, 11) is 2.09. The van der Waals surface area contributed by atoms with Crippen molar-refractivity contribution in [3.8, 4) is 5.69 Å². The number of aromatic nitrogens is 2. The van der Waals surface area contributed by atoms with Crippen LogP contribution in [0.4, 0.5) is 0 Å². The van der Waals surface area contributed by atoms with Gasteiger partial charge in [0.25, 0.3) is 0 Å². The minimum Gasteiger partial charge on any atom is -0.395 e.